The van der Waals surface area contributed by atoms with Crippen LogP contribution >= 0.6 is 0 Å². The number of nitro benzene ring substituents is 1. The standard InChI is InChI=1S/C22H17N5O5/c28-21-20(26-32-22(29)23-15-9-5-2-6-10-15)24-18-12-11-16(27(30)31)13-17(18)19(25-21)14-7-3-1-4-8-14/h1-13,21,28H,(H,23,29)(H,24,26). The number of carbonyl (C=O) groups is 1. The number of non-ortho nitro benzene ring substituents is 1. The highest BCUT2D eigenvalue weighted by Gasteiger charge is 2.24. The van der Waals surface area contributed by atoms with Crippen LogP contribution in [0.1, 0.15) is 11.1 Å². The van der Waals surface area contributed by atoms with Crippen molar-refractivity contribution >= 4 is 34.7 Å². The number of amidine groups is 1. The van der Waals surface area contributed by atoms with Gasteiger partial charge in [0.15, 0.2) is 5.84 Å². The SMILES string of the molecule is O=C(Nc1ccccc1)ONC1=Nc2ccc([N+](=O)[O-])cc2C(c2ccccc2)=NC1O. The number of fused-ring (bicyclic) bond motifs is 1. The molecule has 0 radical (unpaired) electrons. The summed E-state index contributed by atoms with van der Waals surface area (Å²) in [7, 11) is 0. The van der Waals surface area contributed by atoms with Crippen molar-refractivity contribution in [2.24, 2.45) is 9.98 Å². The number of benzene rings is 3. The van der Waals surface area contributed by atoms with E-state index in [0.29, 0.717) is 28.2 Å². The maximum Gasteiger partial charge on any atom is 0.435 e. The van der Waals surface area contributed by atoms with Gasteiger partial charge in [-0.25, -0.2) is 14.8 Å². The normalized spacial score (nSPS) is 14.8. The monoisotopic (exact) mass is 431 g/mol. The Morgan fingerprint density at radius 1 is 1.03 bits per heavy atom. The lowest BCUT2D eigenvalue weighted by atomic mass is 10.00. The summed E-state index contributed by atoms with van der Waals surface area (Å²) in [4.78, 5) is 36.3. The number of aliphatic hydroxyl groups excluding tert-OH is 1. The van der Waals surface area contributed by atoms with Gasteiger partial charge in [-0.2, -0.15) is 5.48 Å². The van der Waals surface area contributed by atoms with Gasteiger partial charge in [-0.05, 0) is 18.2 Å². The maximum atomic E-state index is 12.1. The fraction of sp³-hybridized carbons (Fsp3) is 0.0455. The molecular weight excluding hydrogens is 414 g/mol. The molecule has 0 fully saturated rings. The lowest BCUT2D eigenvalue weighted by molar-refractivity contribution is -0.384. The molecule has 4 rings (SSSR count). The highest BCUT2D eigenvalue weighted by atomic mass is 16.7. The average Bonchev–Trinajstić information content (AvgIpc) is 2.95. The second-order valence-electron chi connectivity index (χ2n) is 6.66. The van der Waals surface area contributed by atoms with Gasteiger partial charge in [-0.3, -0.25) is 15.4 Å². The Labute approximate surface area is 182 Å². The number of anilines is 1. The zero-order valence-corrected chi connectivity index (χ0v) is 16.5. The van der Waals surface area contributed by atoms with Crippen LogP contribution in [0.2, 0.25) is 0 Å². The Balaban J connectivity index is 1.64. The number of hydrogen-bond acceptors (Lipinski definition) is 8. The number of nitro groups is 1. The summed E-state index contributed by atoms with van der Waals surface area (Å²) < 4.78 is 0. The molecule has 3 N–H and O–H groups in total. The largest absolute Gasteiger partial charge is 0.435 e. The minimum Gasteiger partial charge on any atom is -0.365 e. The van der Waals surface area contributed by atoms with Crippen LogP contribution in [-0.4, -0.2) is 33.9 Å². The first kappa shape index (κ1) is 20.7. The Kier molecular flexibility index (Phi) is 5.86. The molecular formula is C22H17N5O5. The minimum absolute atomic E-state index is 0.146. The van der Waals surface area contributed by atoms with Crippen LogP contribution in [-0.2, 0) is 4.84 Å². The number of amides is 1. The molecule has 10 heteroatoms. The molecule has 160 valence electrons. The van der Waals surface area contributed by atoms with E-state index in [0.717, 1.165) is 0 Å². The summed E-state index contributed by atoms with van der Waals surface area (Å²) >= 11 is 0. The predicted molar refractivity (Wildman–Crippen MR) is 118 cm³/mol. The Bertz CT molecular complexity index is 1210. The third-order valence-electron chi connectivity index (χ3n) is 4.50. The van der Waals surface area contributed by atoms with Crippen LogP contribution in [0.3, 0.4) is 0 Å². The van der Waals surface area contributed by atoms with Crippen molar-refractivity contribution in [3.63, 3.8) is 0 Å². The number of nitrogens with zero attached hydrogens (tertiary/aromatic N) is 3. The summed E-state index contributed by atoms with van der Waals surface area (Å²) in [6.07, 6.45) is -2.34. The molecule has 1 amide bonds. The number of hydroxylamine groups is 1. The van der Waals surface area contributed by atoms with Crippen molar-refractivity contribution in [1.82, 2.24) is 5.48 Å². The fourth-order valence-electron chi connectivity index (χ4n) is 3.03. The first-order chi connectivity index (χ1) is 15.5. The van der Waals surface area contributed by atoms with E-state index in [4.69, 9.17) is 4.84 Å². The van der Waals surface area contributed by atoms with Gasteiger partial charge in [-0.1, -0.05) is 48.5 Å². The Hall–Kier alpha value is -4.57. The first-order valence-corrected chi connectivity index (χ1v) is 9.49. The minimum atomic E-state index is -1.51. The average molecular weight is 431 g/mol. The zero-order valence-electron chi connectivity index (χ0n) is 16.5. The molecule has 0 bridgehead atoms. The molecule has 1 unspecified atom stereocenters. The summed E-state index contributed by atoms with van der Waals surface area (Å²) in [6.45, 7) is 0. The topological polar surface area (TPSA) is 138 Å². The molecule has 0 aliphatic carbocycles. The van der Waals surface area contributed by atoms with Crippen molar-refractivity contribution < 1.29 is 19.7 Å². The summed E-state index contributed by atoms with van der Waals surface area (Å²) in [5, 5.41) is 24.4. The van der Waals surface area contributed by atoms with Crippen LogP contribution < -0.4 is 10.8 Å². The molecule has 1 heterocycles. The Morgan fingerprint density at radius 2 is 1.72 bits per heavy atom. The third kappa shape index (κ3) is 4.60. The van der Waals surface area contributed by atoms with E-state index >= 15 is 0 Å². The molecule has 3 aromatic rings. The second kappa shape index (κ2) is 9.06. The molecule has 1 aliphatic rings. The molecule has 0 spiro atoms. The van der Waals surface area contributed by atoms with E-state index in [1.807, 2.05) is 6.07 Å². The highest BCUT2D eigenvalue weighted by Crippen LogP contribution is 2.30. The van der Waals surface area contributed by atoms with Crippen molar-refractivity contribution in [1.29, 1.82) is 0 Å². The van der Waals surface area contributed by atoms with E-state index in [9.17, 15) is 20.0 Å². The number of para-hydroxylation sites is 1. The van der Waals surface area contributed by atoms with Gasteiger partial charge in [0.25, 0.3) is 5.69 Å². The molecule has 0 aromatic heterocycles. The van der Waals surface area contributed by atoms with Crippen LogP contribution in [0, 0.1) is 10.1 Å². The second-order valence-corrected chi connectivity index (χ2v) is 6.66. The molecule has 0 saturated carbocycles. The van der Waals surface area contributed by atoms with E-state index < -0.39 is 17.2 Å². The van der Waals surface area contributed by atoms with Gasteiger partial charge in [0.1, 0.15) is 0 Å². The number of nitrogens with one attached hydrogen (secondary N) is 2. The predicted octanol–water partition coefficient (Wildman–Crippen LogP) is 3.55. The number of rotatable bonds is 3. The quantitative estimate of drug-likeness (QED) is 0.428. The number of aliphatic hydroxyl groups is 1. The van der Waals surface area contributed by atoms with Crippen molar-refractivity contribution in [3.05, 3.63) is 100 Å². The summed E-state index contributed by atoms with van der Waals surface area (Å²) in [5.74, 6) is -0.158. The van der Waals surface area contributed by atoms with Crippen molar-refractivity contribution in [2.75, 3.05) is 5.32 Å². The van der Waals surface area contributed by atoms with Gasteiger partial charge < -0.3 is 9.94 Å². The zero-order chi connectivity index (χ0) is 22.5. The van der Waals surface area contributed by atoms with E-state index in [-0.39, 0.29) is 11.5 Å². The number of carbonyl (C=O) groups excluding carboxylic acids is 1. The summed E-state index contributed by atoms with van der Waals surface area (Å²) in [5.41, 5.74) is 4.31. The van der Waals surface area contributed by atoms with E-state index in [1.54, 1.807) is 54.6 Å². The van der Waals surface area contributed by atoms with E-state index in [2.05, 4.69) is 20.8 Å². The molecule has 1 atom stereocenters. The van der Waals surface area contributed by atoms with Gasteiger partial charge in [-0.15, -0.1) is 0 Å². The third-order valence-corrected chi connectivity index (χ3v) is 4.50. The van der Waals surface area contributed by atoms with Crippen LogP contribution in [0.15, 0.2) is 88.8 Å². The van der Waals surface area contributed by atoms with Crippen LogP contribution in [0.4, 0.5) is 21.9 Å². The number of aliphatic imine (C=N–C) groups is 2. The number of hydrogen-bond donors (Lipinski definition) is 3. The lowest BCUT2D eigenvalue weighted by Gasteiger charge is -2.12. The molecule has 0 saturated heterocycles. The van der Waals surface area contributed by atoms with Crippen molar-refractivity contribution in [3.8, 4) is 0 Å². The first-order valence-electron chi connectivity index (χ1n) is 9.49. The maximum absolute atomic E-state index is 12.1. The summed E-state index contributed by atoms with van der Waals surface area (Å²) in [6, 6.07) is 21.6. The smallest absolute Gasteiger partial charge is 0.365 e. The van der Waals surface area contributed by atoms with Crippen LogP contribution in [0.5, 0.6) is 0 Å². The molecule has 3 aromatic carbocycles. The lowest BCUT2D eigenvalue weighted by Crippen LogP contribution is -2.36. The highest BCUT2D eigenvalue weighted by molar-refractivity contribution is 6.18. The van der Waals surface area contributed by atoms with Gasteiger partial charge in [0.2, 0.25) is 6.23 Å². The molecule has 1 aliphatic heterocycles. The fourth-order valence-corrected chi connectivity index (χ4v) is 3.03. The van der Waals surface area contributed by atoms with Gasteiger partial charge >= 0.3 is 6.09 Å². The van der Waals surface area contributed by atoms with Gasteiger partial charge in [0, 0.05) is 28.9 Å². The Morgan fingerprint density at radius 3 is 2.41 bits per heavy atom. The van der Waals surface area contributed by atoms with E-state index in [1.165, 1.54) is 18.2 Å². The van der Waals surface area contributed by atoms with Crippen molar-refractivity contribution in [2.45, 2.75) is 6.23 Å². The molecule has 32 heavy (non-hydrogen) atoms. The molecule has 10 nitrogen and oxygen atoms in total. The van der Waals surface area contributed by atoms with Crippen LogP contribution in [0.25, 0.3) is 0 Å². The van der Waals surface area contributed by atoms with Gasteiger partial charge in [0.05, 0.1) is 16.3 Å².